The first-order valence-electron chi connectivity index (χ1n) is 32.4. The van der Waals surface area contributed by atoms with Crippen molar-refractivity contribution < 1.29 is 48.6 Å². The summed E-state index contributed by atoms with van der Waals surface area (Å²) in [5.74, 6) is -1.38. The summed E-state index contributed by atoms with van der Waals surface area (Å²) in [6.07, 6.45) is 0. The van der Waals surface area contributed by atoms with Gasteiger partial charge in [-0.2, -0.15) is 0 Å². The van der Waals surface area contributed by atoms with E-state index in [4.69, 9.17) is 23.9 Å². The van der Waals surface area contributed by atoms with Crippen LogP contribution < -0.4 is 4.74 Å². The zero-order valence-electron chi connectivity index (χ0n) is 59.4. The molecule has 2 aliphatic rings. The van der Waals surface area contributed by atoms with Gasteiger partial charge >= 0.3 is 0 Å². The SMILES string of the molecule is [2H]c1c([2H])c([2H])c(-c2c([2H])c(-c3c4c(c(-c5c([2H])c([2H])c([2H])c([2H])c5[2H])c5c([2H])c([2H])c([2H])c([2H])c35)-c3c([2H])c([2H])c([2H])c5c([2H])c([2H])c([2H])c-4c35)c([2H])c(-c3c([2H])c([2H])c4c5c(c([2H])c([2H])c([2H])c35)-c3c([2H])c([2H])c([2H])c([2H])c3O4)c2[2H])c([2H])c1[2H]. The number of rotatable bonds is 4. The highest BCUT2D eigenvalue weighted by molar-refractivity contribution is 6.27. The number of benzene rings is 10. The monoisotopic (exact) mass is 728 g/mol. The van der Waals surface area contributed by atoms with Gasteiger partial charge < -0.3 is 4.74 Å². The van der Waals surface area contributed by atoms with Crippen molar-refractivity contribution in [1.82, 2.24) is 0 Å². The van der Waals surface area contributed by atoms with Crippen LogP contribution in [0.2, 0.25) is 0 Å². The van der Waals surface area contributed by atoms with E-state index in [1.165, 1.54) is 0 Å². The molecule has 0 saturated heterocycles. The van der Waals surface area contributed by atoms with Crippen LogP contribution in [-0.4, -0.2) is 0 Å². The minimum atomic E-state index is -1.23. The van der Waals surface area contributed by atoms with E-state index < -0.39 is 315 Å². The average molecular weight is 729 g/mol. The predicted molar refractivity (Wildman–Crippen MR) is 231 cm³/mol. The van der Waals surface area contributed by atoms with Gasteiger partial charge in [-0.25, -0.2) is 0 Å². The maximum atomic E-state index is 10.6. The fourth-order valence-electron chi connectivity index (χ4n) is 7.30. The van der Waals surface area contributed by atoms with Crippen molar-refractivity contribution in [3.05, 3.63) is 193 Å². The molecule has 1 heteroatoms. The van der Waals surface area contributed by atoms with Gasteiger partial charge in [0.1, 0.15) is 11.5 Å². The quantitative estimate of drug-likeness (QED) is 0.175. The van der Waals surface area contributed by atoms with Crippen molar-refractivity contribution >= 4 is 32.3 Å². The Kier molecular flexibility index (Phi) is 2.68. The van der Waals surface area contributed by atoms with Crippen molar-refractivity contribution in [3.63, 3.8) is 0 Å². The van der Waals surface area contributed by atoms with Crippen LogP contribution in [0.15, 0.2) is 193 Å². The molecule has 0 N–H and O–H groups in total. The maximum absolute atomic E-state index is 10.6. The molecule has 1 aliphatic heterocycles. The second kappa shape index (κ2) is 11.6. The molecular weight excluding hydrogens is 665 g/mol. The van der Waals surface area contributed by atoms with E-state index in [1.54, 1.807) is 0 Å². The molecule has 10 aromatic rings. The number of fused-ring (bicyclic) bond motifs is 6. The maximum Gasteiger partial charge on any atom is 0.135 e. The van der Waals surface area contributed by atoms with E-state index in [-0.39, 0.29) is 0 Å². The summed E-state index contributed by atoms with van der Waals surface area (Å²) in [4.78, 5) is 0. The lowest BCUT2D eigenvalue weighted by atomic mass is 9.81. The van der Waals surface area contributed by atoms with Gasteiger partial charge in [-0.3, -0.25) is 0 Å². The zero-order chi connectivity index (χ0) is 63.9. The largest absolute Gasteiger partial charge is 0.456 e. The molecule has 0 spiro atoms. The van der Waals surface area contributed by atoms with E-state index in [0.717, 1.165) is 0 Å². The summed E-state index contributed by atoms with van der Waals surface area (Å²) >= 11 is 0. The van der Waals surface area contributed by atoms with E-state index >= 15 is 0 Å². The molecule has 254 valence electrons. The standard InChI is InChI=1S/C54H32O/c1-3-14-33(15-4-1)36-30-37(39-28-29-48-52-41(39)23-13-24-42(52)40-20-9-10-27-47(40)55-48)32-38(31-36)51-44-22-8-7-21-43(44)50(35-16-5-2-6-17-35)53-45-25-11-18-34-19-12-26-46(49(34)45)54(51)53/h1-32H/i1D,2D,3D,4D,5D,6D,7D,8D,9D,10D,11D,12D,13D,14D,15D,16D,17D,18D,19D,20D,21D,22D,23D,24D,25D,26D,27D,28D,29D,30D,31D,32D. The van der Waals surface area contributed by atoms with Gasteiger partial charge in [0.15, 0.2) is 0 Å². The van der Waals surface area contributed by atoms with Crippen LogP contribution in [0.4, 0.5) is 0 Å². The van der Waals surface area contributed by atoms with Gasteiger partial charge in [0, 0.05) is 10.9 Å². The molecule has 0 bridgehead atoms. The third kappa shape index (κ3) is 4.41. The lowest BCUT2D eigenvalue weighted by Gasteiger charge is -2.23. The summed E-state index contributed by atoms with van der Waals surface area (Å²) in [6, 6.07) is -32.2. The summed E-state index contributed by atoms with van der Waals surface area (Å²) in [5, 5.41) is -4.05. The van der Waals surface area contributed by atoms with Gasteiger partial charge in [0.25, 0.3) is 0 Å². The first kappa shape index (κ1) is 12.7. The fraction of sp³-hybridized carbons (Fsp3) is 0. The topological polar surface area (TPSA) is 9.23 Å². The molecule has 1 heterocycles. The lowest BCUT2D eigenvalue weighted by molar-refractivity contribution is 0.487. The minimum Gasteiger partial charge on any atom is -0.456 e. The number of hydrogen-bond donors (Lipinski definition) is 0. The third-order valence-electron chi connectivity index (χ3n) is 9.45. The van der Waals surface area contributed by atoms with E-state index in [2.05, 4.69) is 0 Å². The van der Waals surface area contributed by atoms with Crippen molar-refractivity contribution in [2.75, 3.05) is 0 Å². The zero-order valence-corrected chi connectivity index (χ0v) is 27.4. The van der Waals surface area contributed by atoms with Crippen LogP contribution in [0.3, 0.4) is 0 Å². The Labute approximate surface area is 364 Å². The highest BCUT2D eigenvalue weighted by Crippen LogP contribution is 2.58. The van der Waals surface area contributed by atoms with Crippen LogP contribution in [0, 0.1) is 0 Å². The molecule has 0 amide bonds. The molecule has 1 nitrogen and oxygen atoms in total. The van der Waals surface area contributed by atoms with Crippen LogP contribution in [0.25, 0.3) is 110 Å². The second-order valence-electron chi connectivity index (χ2n) is 12.3. The summed E-state index contributed by atoms with van der Waals surface area (Å²) < 4.78 is 302. The Morgan fingerprint density at radius 3 is 1.58 bits per heavy atom. The smallest absolute Gasteiger partial charge is 0.135 e. The first-order valence-corrected chi connectivity index (χ1v) is 16.4. The van der Waals surface area contributed by atoms with Gasteiger partial charge in [-0.15, -0.1) is 0 Å². The first-order chi connectivity index (χ1) is 40.6. The average Bonchev–Trinajstić information content (AvgIpc) is 1.63. The van der Waals surface area contributed by atoms with Gasteiger partial charge in [-0.05, 0) is 129 Å². The summed E-state index contributed by atoms with van der Waals surface area (Å²) in [5.41, 5.74) is -11.1. The summed E-state index contributed by atoms with van der Waals surface area (Å²) in [7, 11) is 0. The molecular formula is C54H32O. The molecule has 0 fully saturated rings. The Morgan fingerprint density at radius 1 is 0.291 bits per heavy atom. The van der Waals surface area contributed by atoms with Crippen molar-refractivity contribution in [2.24, 2.45) is 0 Å². The van der Waals surface area contributed by atoms with Gasteiger partial charge in [0.05, 0.1) is 43.9 Å². The fourth-order valence-corrected chi connectivity index (χ4v) is 7.30. The molecule has 0 aromatic heterocycles. The van der Waals surface area contributed by atoms with Crippen LogP contribution >= 0.6 is 0 Å². The molecule has 10 aromatic carbocycles. The van der Waals surface area contributed by atoms with Crippen LogP contribution in [0.1, 0.15) is 43.9 Å². The lowest BCUT2D eigenvalue weighted by Crippen LogP contribution is -1.98. The number of ether oxygens (including phenoxy) is 1. The molecule has 0 unspecified atom stereocenters. The van der Waals surface area contributed by atoms with Gasteiger partial charge in [0.2, 0.25) is 0 Å². The highest BCUT2D eigenvalue weighted by atomic mass is 16.5. The van der Waals surface area contributed by atoms with Crippen LogP contribution in [0.5, 0.6) is 11.5 Å². The molecule has 0 atom stereocenters. The Bertz CT molecular complexity index is 5020. The van der Waals surface area contributed by atoms with Crippen molar-refractivity contribution in [2.45, 2.75) is 0 Å². The van der Waals surface area contributed by atoms with E-state index in [1.807, 2.05) is 0 Å². The molecule has 55 heavy (non-hydrogen) atoms. The van der Waals surface area contributed by atoms with Gasteiger partial charge in [-0.1, -0.05) is 163 Å². The second-order valence-corrected chi connectivity index (χ2v) is 12.3. The summed E-state index contributed by atoms with van der Waals surface area (Å²) in [6.45, 7) is 0. The molecule has 0 saturated carbocycles. The molecule has 12 rings (SSSR count). The number of hydrogen-bond acceptors (Lipinski definition) is 1. The predicted octanol–water partition coefficient (Wildman–Crippen LogP) is 15.2. The van der Waals surface area contributed by atoms with Crippen LogP contribution in [-0.2, 0) is 0 Å². The Morgan fingerprint density at radius 2 is 0.836 bits per heavy atom. The van der Waals surface area contributed by atoms with E-state index in [9.17, 15) is 24.7 Å². The normalized spacial score (nSPS) is 20.3. The Hall–Kier alpha value is -7.22. The molecule has 1 aliphatic carbocycles. The van der Waals surface area contributed by atoms with E-state index in [0.29, 0.717) is 0 Å². The third-order valence-corrected chi connectivity index (χ3v) is 9.45. The van der Waals surface area contributed by atoms with Crippen molar-refractivity contribution in [3.8, 4) is 89.4 Å². The Balaban J connectivity index is 1.44. The highest BCUT2D eigenvalue weighted by Gasteiger charge is 2.31. The number of para-hydroxylation sites is 1. The minimum absolute atomic E-state index is 0.481. The van der Waals surface area contributed by atoms with Crippen molar-refractivity contribution in [1.29, 1.82) is 0 Å². The molecule has 0 radical (unpaired) electrons.